The number of nitrogens with zero attached hydrogens (tertiary/aromatic N) is 2. The largest absolute Gasteiger partial charge is 0.347 e. The zero-order valence-corrected chi connectivity index (χ0v) is 21.5. The standard InChI is InChI=1S/C33H28N4O2/c1-24-17-19-27(20-18-24)32(38)35-30(33(39)34-22-25-11-5-2-6-12-25)21-28-23-37(29-15-9-4-10-16-29)36-31(28)26-13-7-3-8-14-26/h2-21,23H,22H2,1H3,(H,34,39)(H,35,38). The maximum atomic E-state index is 13.4. The number of hydrogen-bond donors (Lipinski definition) is 2. The van der Waals surface area contributed by atoms with E-state index >= 15 is 0 Å². The summed E-state index contributed by atoms with van der Waals surface area (Å²) in [4.78, 5) is 26.6. The lowest BCUT2D eigenvalue weighted by molar-refractivity contribution is -0.117. The van der Waals surface area contributed by atoms with Gasteiger partial charge in [0.15, 0.2) is 0 Å². The molecule has 2 N–H and O–H groups in total. The van der Waals surface area contributed by atoms with Gasteiger partial charge in [0.25, 0.3) is 11.8 Å². The Bertz CT molecular complexity index is 1590. The third-order valence-corrected chi connectivity index (χ3v) is 6.21. The van der Waals surface area contributed by atoms with E-state index in [-0.39, 0.29) is 11.6 Å². The molecular weight excluding hydrogens is 484 g/mol. The van der Waals surface area contributed by atoms with Gasteiger partial charge >= 0.3 is 0 Å². The van der Waals surface area contributed by atoms with Gasteiger partial charge in [-0.1, -0.05) is 96.6 Å². The van der Waals surface area contributed by atoms with E-state index in [0.29, 0.717) is 23.4 Å². The third-order valence-electron chi connectivity index (χ3n) is 6.21. The minimum atomic E-state index is -0.397. The number of amides is 2. The zero-order chi connectivity index (χ0) is 27.0. The number of benzene rings is 4. The fourth-order valence-corrected chi connectivity index (χ4v) is 4.11. The summed E-state index contributed by atoms with van der Waals surface area (Å²) in [5, 5.41) is 10.6. The molecule has 192 valence electrons. The van der Waals surface area contributed by atoms with Crippen LogP contribution in [-0.2, 0) is 11.3 Å². The van der Waals surface area contributed by atoms with Crippen LogP contribution in [0.15, 0.2) is 127 Å². The summed E-state index contributed by atoms with van der Waals surface area (Å²) in [6, 6.07) is 36.4. The average molecular weight is 513 g/mol. The molecular formula is C33H28N4O2. The van der Waals surface area contributed by atoms with Crippen LogP contribution in [0.1, 0.15) is 27.0 Å². The van der Waals surface area contributed by atoms with Crippen LogP contribution < -0.4 is 10.6 Å². The summed E-state index contributed by atoms with van der Waals surface area (Å²) in [7, 11) is 0. The van der Waals surface area contributed by atoms with E-state index in [0.717, 1.165) is 22.4 Å². The molecule has 1 aromatic heterocycles. The predicted molar refractivity (Wildman–Crippen MR) is 154 cm³/mol. The van der Waals surface area contributed by atoms with E-state index in [1.807, 2.05) is 116 Å². The van der Waals surface area contributed by atoms with Crippen molar-refractivity contribution in [2.24, 2.45) is 0 Å². The summed E-state index contributed by atoms with van der Waals surface area (Å²) in [6.07, 6.45) is 3.54. The molecule has 0 aliphatic rings. The van der Waals surface area contributed by atoms with Gasteiger partial charge in [-0.2, -0.15) is 5.10 Å². The summed E-state index contributed by atoms with van der Waals surface area (Å²) >= 11 is 0. The van der Waals surface area contributed by atoms with Crippen LogP contribution in [0.5, 0.6) is 0 Å². The van der Waals surface area contributed by atoms with Crippen molar-refractivity contribution in [3.63, 3.8) is 0 Å². The molecule has 5 aromatic rings. The Kier molecular flexibility index (Phi) is 7.74. The van der Waals surface area contributed by atoms with E-state index in [2.05, 4.69) is 10.6 Å². The van der Waals surface area contributed by atoms with Crippen molar-refractivity contribution >= 4 is 17.9 Å². The number of nitrogens with one attached hydrogen (secondary N) is 2. The smallest absolute Gasteiger partial charge is 0.268 e. The first-order valence-corrected chi connectivity index (χ1v) is 12.7. The Hall–Kier alpha value is -5.23. The monoisotopic (exact) mass is 512 g/mol. The molecule has 0 aliphatic heterocycles. The van der Waals surface area contributed by atoms with Crippen LogP contribution >= 0.6 is 0 Å². The lowest BCUT2D eigenvalue weighted by Crippen LogP contribution is -2.34. The third kappa shape index (κ3) is 6.37. The summed E-state index contributed by atoms with van der Waals surface area (Å²) in [5.41, 5.74) is 5.75. The van der Waals surface area contributed by atoms with Gasteiger partial charge in [0.1, 0.15) is 11.4 Å². The quantitative estimate of drug-likeness (QED) is 0.253. The maximum absolute atomic E-state index is 13.4. The number of rotatable bonds is 8. The Morgan fingerprint density at radius 3 is 2.08 bits per heavy atom. The molecule has 0 radical (unpaired) electrons. The molecule has 0 spiro atoms. The highest BCUT2D eigenvalue weighted by atomic mass is 16.2. The van der Waals surface area contributed by atoms with Gasteiger partial charge in [0.2, 0.25) is 0 Å². The molecule has 0 fully saturated rings. The lowest BCUT2D eigenvalue weighted by Gasteiger charge is -2.12. The maximum Gasteiger partial charge on any atom is 0.268 e. The highest BCUT2D eigenvalue weighted by Crippen LogP contribution is 2.25. The fourth-order valence-electron chi connectivity index (χ4n) is 4.11. The Morgan fingerprint density at radius 2 is 1.41 bits per heavy atom. The highest BCUT2D eigenvalue weighted by molar-refractivity contribution is 6.05. The number of para-hydroxylation sites is 1. The predicted octanol–water partition coefficient (Wildman–Crippen LogP) is 5.94. The van der Waals surface area contributed by atoms with Crippen molar-refractivity contribution in [3.8, 4) is 16.9 Å². The molecule has 0 aliphatic carbocycles. The SMILES string of the molecule is Cc1ccc(C(=O)NC(=Cc2cn(-c3ccccc3)nc2-c2ccccc2)C(=O)NCc2ccccc2)cc1. The van der Waals surface area contributed by atoms with Crippen LogP contribution in [0.2, 0.25) is 0 Å². The number of aromatic nitrogens is 2. The molecule has 0 unspecified atom stereocenters. The first-order chi connectivity index (χ1) is 19.1. The molecule has 5 rings (SSSR count). The number of carbonyl (C=O) groups is 2. The molecule has 4 aromatic carbocycles. The Morgan fingerprint density at radius 1 is 0.795 bits per heavy atom. The van der Waals surface area contributed by atoms with Crippen molar-refractivity contribution in [3.05, 3.63) is 149 Å². The van der Waals surface area contributed by atoms with Gasteiger partial charge in [0.05, 0.1) is 5.69 Å². The number of carbonyl (C=O) groups excluding carboxylic acids is 2. The van der Waals surface area contributed by atoms with Gasteiger partial charge in [-0.15, -0.1) is 0 Å². The van der Waals surface area contributed by atoms with Crippen LogP contribution in [0, 0.1) is 6.92 Å². The van der Waals surface area contributed by atoms with Crippen molar-refractivity contribution in [2.45, 2.75) is 13.5 Å². The van der Waals surface area contributed by atoms with Crippen LogP contribution in [0.4, 0.5) is 0 Å². The fraction of sp³-hybridized carbons (Fsp3) is 0.0606. The van der Waals surface area contributed by atoms with Gasteiger partial charge in [-0.25, -0.2) is 4.68 Å². The molecule has 0 atom stereocenters. The van der Waals surface area contributed by atoms with E-state index in [1.54, 1.807) is 22.9 Å². The number of hydrogen-bond acceptors (Lipinski definition) is 3. The van der Waals surface area contributed by atoms with Gasteiger partial charge in [-0.3, -0.25) is 9.59 Å². The van der Waals surface area contributed by atoms with Gasteiger partial charge < -0.3 is 10.6 Å². The molecule has 2 amide bonds. The molecule has 6 heteroatoms. The first kappa shape index (κ1) is 25.4. The molecule has 1 heterocycles. The topological polar surface area (TPSA) is 76.0 Å². The summed E-state index contributed by atoms with van der Waals surface area (Å²) in [5.74, 6) is -0.765. The van der Waals surface area contributed by atoms with Crippen molar-refractivity contribution in [2.75, 3.05) is 0 Å². The second kappa shape index (κ2) is 11.9. The Labute approximate surface area is 227 Å². The Balaban J connectivity index is 1.54. The minimum Gasteiger partial charge on any atom is -0.347 e. The normalized spacial score (nSPS) is 11.2. The van der Waals surface area contributed by atoms with Crippen LogP contribution in [0.3, 0.4) is 0 Å². The second-order valence-corrected chi connectivity index (χ2v) is 9.13. The van der Waals surface area contributed by atoms with Crippen LogP contribution in [-0.4, -0.2) is 21.6 Å². The van der Waals surface area contributed by atoms with E-state index < -0.39 is 5.91 Å². The van der Waals surface area contributed by atoms with E-state index in [4.69, 9.17) is 5.10 Å². The second-order valence-electron chi connectivity index (χ2n) is 9.13. The van der Waals surface area contributed by atoms with Crippen molar-refractivity contribution in [1.82, 2.24) is 20.4 Å². The minimum absolute atomic E-state index is 0.126. The lowest BCUT2D eigenvalue weighted by atomic mass is 10.1. The highest BCUT2D eigenvalue weighted by Gasteiger charge is 2.18. The molecule has 0 saturated carbocycles. The zero-order valence-electron chi connectivity index (χ0n) is 21.5. The summed E-state index contributed by atoms with van der Waals surface area (Å²) < 4.78 is 1.77. The molecule has 39 heavy (non-hydrogen) atoms. The van der Waals surface area contributed by atoms with Crippen LogP contribution in [0.25, 0.3) is 23.0 Å². The van der Waals surface area contributed by atoms with Crippen molar-refractivity contribution < 1.29 is 9.59 Å². The first-order valence-electron chi connectivity index (χ1n) is 12.7. The molecule has 0 saturated heterocycles. The van der Waals surface area contributed by atoms with Crippen molar-refractivity contribution in [1.29, 1.82) is 0 Å². The summed E-state index contributed by atoms with van der Waals surface area (Å²) in [6.45, 7) is 2.28. The van der Waals surface area contributed by atoms with E-state index in [1.165, 1.54) is 0 Å². The molecule has 6 nitrogen and oxygen atoms in total. The van der Waals surface area contributed by atoms with Gasteiger partial charge in [-0.05, 0) is 42.8 Å². The van der Waals surface area contributed by atoms with Gasteiger partial charge in [0, 0.05) is 29.4 Å². The van der Waals surface area contributed by atoms with E-state index in [9.17, 15) is 9.59 Å². The molecule has 0 bridgehead atoms. The average Bonchev–Trinajstić information content (AvgIpc) is 3.41. The number of aryl methyl sites for hydroxylation is 1.